The first kappa shape index (κ1) is 21.4. The van der Waals surface area contributed by atoms with Crippen LogP contribution in [0, 0.1) is 19.8 Å². The summed E-state index contributed by atoms with van der Waals surface area (Å²) < 4.78 is 7.53. The van der Waals surface area contributed by atoms with E-state index in [1.54, 1.807) is 0 Å². The zero-order valence-corrected chi connectivity index (χ0v) is 18.9. The lowest BCUT2D eigenvalue weighted by Gasteiger charge is -2.36. The minimum atomic E-state index is 0.223. The van der Waals surface area contributed by atoms with E-state index < -0.39 is 0 Å². The smallest absolute Gasteiger partial charge is 0.233 e. The molecule has 0 spiro atoms. The van der Waals surface area contributed by atoms with Crippen LogP contribution >= 0.6 is 11.8 Å². The zero-order chi connectivity index (χ0) is 20.9. The molecule has 6 nitrogen and oxygen atoms in total. The number of hydrogen-bond donors (Lipinski definition) is 0. The molecule has 1 amide bonds. The molecule has 0 unspecified atom stereocenters. The van der Waals surface area contributed by atoms with Gasteiger partial charge in [0, 0.05) is 45.1 Å². The van der Waals surface area contributed by atoms with Crippen LogP contribution in [-0.4, -0.2) is 76.9 Å². The summed E-state index contributed by atoms with van der Waals surface area (Å²) in [5, 5.41) is 0.874. The summed E-state index contributed by atoms with van der Waals surface area (Å²) in [6.45, 7) is 10.9. The molecule has 4 rings (SSSR count). The van der Waals surface area contributed by atoms with Gasteiger partial charge in [-0.3, -0.25) is 14.3 Å². The Morgan fingerprint density at radius 1 is 1.17 bits per heavy atom. The van der Waals surface area contributed by atoms with Gasteiger partial charge >= 0.3 is 0 Å². The number of rotatable bonds is 6. The molecule has 0 bridgehead atoms. The highest BCUT2D eigenvalue weighted by Gasteiger charge is 2.25. The number of piperidine rings is 1. The zero-order valence-electron chi connectivity index (χ0n) is 18.0. The molecule has 1 aromatic carbocycles. The Bertz CT molecular complexity index is 855. The Morgan fingerprint density at radius 2 is 1.93 bits per heavy atom. The number of hydrogen-bond acceptors (Lipinski definition) is 5. The summed E-state index contributed by atoms with van der Waals surface area (Å²) in [6.07, 6.45) is 5.99. The second-order valence-electron chi connectivity index (χ2n) is 8.40. The van der Waals surface area contributed by atoms with Crippen LogP contribution in [0.15, 0.2) is 35.7 Å². The molecule has 162 valence electrons. The quantitative estimate of drug-likeness (QED) is 0.662. The van der Waals surface area contributed by atoms with Crippen molar-refractivity contribution in [1.29, 1.82) is 0 Å². The Labute approximate surface area is 183 Å². The molecular weight excluding hydrogens is 396 g/mol. The number of morpholine rings is 1. The molecular formula is C23H32N4O2S. The summed E-state index contributed by atoms with van der Waals surface area (Å²) in [7, 11) is 0. The highest BCUT2D eigenvalue weighted by atomic mass is 32.2. The van der Waals surface area contributed by atoms with E-state index >= 15 is 0 Å². The van der Waals surface area contributed by atoms with Crippen LogP contribution < -0.4 is 0 Å². The van der Waals surface area contributed by atoms with Gasteiger partial charge in [0.15, 0.2) is 5.16 Å². The second kappa shape index (κ2) is 9.98. The van der Waals surface area contributed by atoms with Crippen molar-refractivity contribution in [2.24, 2.45) is 5.92 Å². The Kier molecular flexibility index (Phi) is 7.12. The number of ether oxygens (including phenoxy) is 1. The number of aromatic nitrogens is 2. The van der Waals surface area contributed by atoms with Crippen molar-refractivity contribution in [3.8, 4) is 5.69 Å². The monoisotopic (exact) mass is 428 g/mol. The number of amides is 1. The maximum absolute atomic E-state index is 12.8. The molecule has 2 aliphatic heterocycles. The van der Waals surface area contributed by atoms with Gasteiger partial charge in [-0.1, -0.05) is 23.9 Å². The predicted octanol–water partition coefficient (Wildman–Crippen LogP) is 3.15. The minimum Gasteiger partial charge on any atom is -0.379 e. The summed E-state index contributed by atoms with van der Waals surface area (Å²) in [5.74, 6) is 1.36. The number of aryl methyl sites for hydroxylation is 2. The molecule has 2 aromatic rings. The third-order valence-corrected chi connectivity index (χ3v) is 7.09. The van der Waals surface area contributed by atoms with E-state index in [1.807, 2.05) is 17.3 Å². The van der Waals surface area contributed by atoms with Crippen LogP contribution in [0.4, 0.5) is 0 Å². The standard InChI is InChI=1S/C23H32N4O2S/c1-18-3-4-19(2)21(15-18)27-10-7-24-23(27)30-17-22(28)26-8-5-20(6-9-26)16-25-11-13-29-14-12-25/h3-4,7,10,15,20H,5-6,8-9,11-14,16-17H2,1-2H3. The molecule has 0 atom stereocenters. The van der Waals surface area contributed by atoms with Crippen molar-refractivity contribution in [3.63, 3.8) is 0 Å². The van der Waals surface area contributed by atoms with E-state index in [9.17, 15) is 4.79 Å². The fourth-order valence-electron chi connectivity index (χ4n) is 4.29. The van der Waals surface area contributed by atoms with Gasteiger partial charge in [0.25, 0.3) is 0 Å². The van der Waals surface area contributed by atoms with E-state index in [1.165, 1.54) is 22.9 Å². The molecule has 1 aromatic heterocycles. The van der Waals surface area contributed by atoms with Gasteiger partial charge in [0.05, 0.1) is 24.7 Å². The second-order valence-corrected chi connectivity index (χ2v) is 9.34. The Balaban J connectivity index is 1.28. The van der Waals surface area contributed by atoms with E-state index in [-0.39, 0.29) is 5.91 Å². The fraction of sp³-hybridized carbons (Fsp3) is 0.565. The fourth-order valence-corrected chi connectivity index (χ4v) is 5.16. The molecule has 0 radical (unpaired) electrons. The number of nitrogens with zero attached hydrogens (tertiary/aromatic N) is 4. The van der Waals surface area contributed by atoms with E-state index in [2.05, 4.69) is 46.5 Å². The molecule has 0 aliphatic carbocycles. The number of likely N-dealkylation sites (tertiary alicyclic amines) is 1. The molecule has 2 aliphatic rings. The summed E-state index contributed by atoms with van der Waals surface area (Å²) in [4.78, 5) is 21.8. The summed E-state index contributed by atoms with van der Waals surface area (Å²) >= 11 is 1.53. The molecule has 30 heavy (non-hydrogen) atoms. The van der Waals surface area contributed by atoms with Gasteiger partial charge in [-0.25, -0.2) is 4.98 Å². The first-order valence-electron chi connectivity index (χ1n) is 10.9. The van der Waals surface area contributed by atoms with Gasteiger partial charge in [-0.2, -0.15) is 0 Å². The number of thioether (sulfide) groups is 1. The number of carbonyl (C=O) groups excluding carboxylic acids is 1. The maximum atomic E-state index is 12.8. The van der Waals surface area contributed by atoms with Crippen molar-refractivity contribution in [2.45, 2.75) is 31.8 Å². The van der Waals surface area contributed by atoms with Crippen LogP contribution in [0.1, 0.15) is 24.0 Å². The molecule has 2 fully saturated rings. The van der Waals surface area contributed by atoms with Crippen LogP contribution in [0.2, 0.25) is 0 Å². The lowest BCUT2D eigenvalue weighted by Crippen LogP contribution is -2.44. The Morgan fingerprint density at radius 3 is 2.70 bits per heavy atom. The van der Waals surface area contributed by atoms with Gasteiger partial charge in [0.1, 0.15) is 0 Å². The summed E-state index contributed by atoms with van der Waals surface area (Å²) in [6, 6.07) is 6.42. The van der Waals surface area contributed by atoms with Gasteiger partial charge < -0.3 is 9.64 Å². The maximum Gasteiger partial charge on any atom is 0.233 e. The van der Waals surface area contributed by atoms with Crippen molar-refractivity contribution >= 4 is 17.7 Å². The lowest BCUT2D eigenvalue weighted by molar-refractivity contribution is -0.129. The Hall–Kier alpha value is -1.83. The first-order chi connectivity index (χ1) is 14.6. The van der Waals surface area contributed by atoms with Crippen molar-refractivity contribution in [1.82, 2.24) is 19.4 Å². The molecule has 0 saturated carbocycles. The van der Waals surface area contributed by atoms with Crippen molar-refractivity contribution < 1.29 is 9.53 Å². The van der Waals surface area contributed by atoms with E-state index in [4.69, 9.17) is 4.74 Å². The van der Waals surface area contributed by atoms with E-state index in [0.29, 0.717) is 11.7 Å². The number of carbonyl (C=O) groups is 1. The predicted molar refractivity (Wildman–Crippen MR) is 120 cm³/mol. The van der Waals surface area contributed by atoms with Crippen molar-refractivity contribution in [2.75, 3.05) is 51.7 Å². The third-order valence-electron chi connectivity index (χ3n) is 6.14. The van der Waals surface area contributed by atoms with Crippen molar-refractivity contribution in [3.05, 3.63) is 41.7 Å². The van der Waals surface area contributed by atoms with Gasteiger partial charge in [-0.05, 0) is 49.8 Å². The average molecular weight is 429 g/mol. The molecule has 7 heteroatoms. The SMILES string of the molecule is Cc1ccc(C)c(-n2ccnc2SCC(=O)N2CCC(CN3CCOCC3)CC2)c1. The van der Waals surface area contributed by atoms with Gasteiger partial charge in [0.2, 0.25) is 5.91 Å². The van der Waals surface area contributed by atoms with Crippen LogP contribution in [0.3, 0.4) is 0 Å². The molecule has 2 saturated heterocycles. The average Bonchev–Trinajstić information content (AvgIpc) is 3.23. The largest absolute Gasteiger partial charge is 0.379 e. The first-order valence-corrected chi connectivity index (χ1v) is 11.9. The molecule has 3 heterocycles. The summed E-state index contributed by atoms with van der Waals surface area (Å²) in [5.41, 5.74) is 3.55. The van der Waals surface area contributed by atoms with Crippen LogP contribution in [0.25, 0.3) is 5.69 Å². The third kappa shape index (κ3) is 5.25. The lowest BCUT2D eigenvalue weighted by atomic mass is 9.96. The van der Waals surface area contributed by atoms with Gasteiger partial charge in [-0.15, -0.1) is 0 Å². The van der Waals surface area contributed by atoms with Crippen LogP contribution in [-0.2, 0) is 9.53 Å². The number of benzene rings is 1. The highest BCUT2D eigenvalue weighted by molar-refractivity contribution is 7.99. The topological polar surface area (TPSA) is 50.6 Å². The molecule has 0 N–H and O–H groups in total. The normalized spacial score (nSPS) is 18.7. The minimum absolute atomic E-state index is 0.223. The highest BCUT2D eigenvalue weighted by Crippen LogP contribution is 2.25. The van der Waals surface area contributed by atoms with E-state index in [0.717, 1.165) is 69.6 Å². The van der Waals surface area contributed by atoms with Crippen LogP contribution in [0.5, 0.6) is 0 Å². The number of imidazole rings is 1.